The Hall–Kier alpha value is -1.07. The molecule has 5 heteroatoms. The summed E-state index contributed by atoms with van der Waals surface area (Å²) < 4.78 is 27.4. The topological polar surface area (TPSA) is 72.2 Å². The summed E-state index contributed by atoms with van der Waals surface area (Å²) in [6.45, 7) is 9.45. The molecule has 0 fully saturated rings. The van der Waals surface area contributed by atoms with Gasteiger partial charge in [0, 0.05) is 6.04 Å². The molecule has 0 saturated heterocycles. The summed E-state index contributed by atoms with van der Waals surface area (Å²) in [6, 6.07) is 3.33. The molecule has 1 unspecified atom stereocenters. The van der Waals surface area contributed by atoms with Gasteiger partial charge in [-0.1, -0.05) is 19.9 Å². The summed E-state index contributed by atoms with van der Waals surface area (Å²) in [6.07, 6.45) is 0. The van der Waals surface area contributed by atoms with E-state index in [-0.39, 0.29) is 16.9 Å². The zero-order valence-corrected chi connectivity index (χ0v) is 12.4. The van der Waals surface area contributed by atoms with Crippen molar-refractivity contribution in [2.75, 3.05) is 5.73 Å². The lowest BCUT2D eigenvalue weighted by molar-refractivity contribution is 0.476. The third-order valence-electron chi connectivity index (χ3n) is 3.32. The largest absolute Gasteiger partial charge is 0.398 e. The van der Waals surface area contributed by atoms with Crippen LogP contribution in [0.4, 0.5) is 5.69 Å². The fourth-order valence-corrected chi connectivity index (χ4v) is 3.43. The molecule has 0 saturated carbocycles. The zero-order chi connectivity index (χ0) is 14.1. The molecule has 18 heavy (non-hydrogen) atoms. The van der Waals surface area contributed by atoms with Crippen LogP contribution >= 0.6 is 0 Å². The molecule has 0 radical (unpaired) electrons. The molecule has 1 aromatic rings. The summed E-state index contributed by atoms with van der Waals surface area (Å²) in [4.78, 5) is 0.204. The molecule has 3 N–H and O–H groups in total. The molecule has 0 aliphatic rings. The minimum atomic E-state index is -3.56. The number of anilines is 1. The van der Waals surface area contributed by atoms with E-state index in [9.17, 15) is 8.42 Å². The number of hydrogen-bond donors (Lipinski definition) is 2. The van der Waals surface area contributed by atoms with Crippen molar-refractivity contribution >= 4 is 15.7 Å². The van der Waals surface area contributed by atoms with Crippen LogP contribution in [0.1, 0.15) is 31.9 Å². The van der Waals surface area contributed by atoms with Crippen LogP contribution in [-0.2, 0) is 10.0 Å². The molecule has 4 nitrogen and oxygen atoms in total. The molecule has 1 rings (SSSR count). The van der Waals surface area contributed by atoms with Crippen molar-refractivity contribution in [1.29, 1.82) is 0 Å². The second-order valence-electron chi connectivity index (χ2n) is 5.08. The van der Waals surface area contributed by atoms with Crippen molar-refractivity contribution in [3.8, 4) is 0 Å². The molecule has 0 amide bonds. The van der Waals surface area contributed by atoms with Crippen LogP contribution < -0.4 is 10.5 Å². The lowest BCUT2D eigenvalue weighted by Gasteiger charge is -2.20. The van der Waals surface area contributed by atoms with Crippen molar-refractivity contribution in [2.24, 2.45) is 5.92 Å². The highest BCUT2D eigenvalue weighted by Crippen LogP contribution is 2.25. The van der Waals surface area contributed by atoms with Crippen LogP contribution in [-0.4, -0.2) is 14.5 Å². The SMILES string of the molecule is Cc1ccc(N)c(S(=O)(=O)NC(C)C(C)C)c1C. The Morgan fingerprint density at radius 3 is 2.22 bits per heavy atom. The summed E-state index contributed by atoms with van der Waals surface area (Å²) in [7, 11) is -3.56. The van der Waals surface area contributed by atoms with Crippen LogP contribution in [0.5, 0.6) is 0 Å². The van der Waals surface area contributed by atoms with Gasteiger partial charge in [0.25, 0.3) is 0 Å². The number of hydrogen-bond acceptors (Lipinski definition) is 3. The first-order valence-electron chi connectivity index (χ1n) is 6.04. The first-order chi connectivity index (χ1) is 8.16. The van der Waals surface area contributed by atoms with E-state index in [1.54, 1.807) is 13.0 Å². The first kappa shape index (κ1) is 15.0. The molecule has 0 spiro atoms. The Kier molecular flexibility index (Phi) is 4.40. The molecular weight excluding hydrogens is 248 g/mol. The predicted octanol–water partition coefficient (Wildman–Crippen LogP) is 2.21. The third kappa shape index (κ3) is 3.03. The van der Waals surface area contributed by atoms with Gasteiger partial charge >= 0.3 is 0 Å². The number of benzene rings is 1. The highest BCUT2D eigenvalue weighted by Gasteiger charge is 2.24. The molecular formula is C13H22N2O2S. The van der Waals surface area contributed by atoms with Crippen LogP contribution in [0.15, 0.2) is 17.0 Å². The maximum absolute atomic E-state index is 12.3. The Morgan fingerprint density at radius 2 is 1.72 bits per heavy atom. The van der Waals surface area contributed by atoms with Crippen LogP contribution in [0.2, 0.25) is 0 Å². The zero-order valence-electron chi connectivity index (χ0n) is 11.6. The quantitative estimate of drug-likeness (QED) is 0.824. The Morgan fingerprint density at radius 1 is 1.17 bits per heavy atom. The Balaban J connectivity index is 3.25. The number of rotatable bonds is 4. The van der Waals surface area contributed by atoms with Crippen LogP contribution in [0.3, 0.4) is 0 Å². The summed E-state index contributed by atoms with van der Waals surface area (Å²) >= 11 is 0. The van der Waals surface area contributed by atoms with E-state index in [2.05, 4.69) is 4.72 Å². The van der Waals surface area contributed by atoms with Gasteiger partial charge in [0.1, 0.15) is 4.90 Å². The van der Waals surface area contributed by atoms with E-state index >= 15 is 0 Å². The molecule has 102 valence electrons. The van der Waals surface area contributed by atoms with Gasteiger partial charge in [0.05, 0.1) is 5.69 Å². The van der Waals surface area contributed by atoms with Gasteiger partial charge in [-0.3, -0.25) is 0 Å². The molecule has 1 aromatic carbocycles. The second-order valence-corrected chi connectivity index (χ2v) is 6.73. The van der Waals surface area contributed by atoms with Gasteiger partial charge in [-0.05, 0) is 43.9 Å². The Bertz CT molecular complexity index is 536. The summed E-state index contributed by atoms with van der Waals surface area (Å²) in [5, 5.41) is 0. The van der Waals surface area contributed by atoms with E-state index < -0.39 is 10.0 Å². The van der Waals surface area contributed by atoms with Crippen molar-refractivity contribution in [3.63, 3.8) is 0 Å². The molecule has 1 atom stereocenters. The first-order valence-corrected chi connectivity index (χ1v) is 7.53. The van der Waals surface area contributed by atoms with Crippen molar-refractivity contribution in [2.45, 2.75) is 45.6 Å². The maximum Gasteiger partial charge on any atom is 0.243 e. The third-order valence-corrected chi connectivity index (χ3v) is 5.08. The smallest absolute Gasteiger partial charge is 0.243 e. The average molecular weight is 270 g/mol. The van der Waals surface area contributed by atoms with Gasteiger partial charge in [-0.15, -0.1) is 0 Å². The molecule has 0 bridgehead atoms. The van der Waals surface area contributed by atoms with Gasteiger partial charge < -0.3 is 5.73 Å². The van der Waals surface area contributed by atoms with Gasteiger partial charge in [-0.2, -0.15) is 0 Å². The van der Waals surface area contributed by atoms with E-state index in [1.807, 2.05) is 33.8 Å². The Labute approximate surface area is 110 Å². The number of aryl methyl sites for hydroxylation is 1. The number of sulfonamides is 1. The highest BCUT2D eigenvalue weighted by atomic mass is 32.2. The number of nitrogens with two attached hydrogens (primary N) is 1. The molecule has 0 aliphatic heterocycles. The van der Waals surface area contributed by atoms with Crippen molar-refractivity contribution < 1.29 is 8.42 Å². The van der Waals surface area contributed by atoms with E-state index in [4.69, 9.17) is 5.73 Å². The molecule has 0 aliphatic carbocycles. The van der Waals surface area contributed by atoms with Gasteiger partial charge in [0.2, 0.25) is 10.0 Å². The van der Waals surface area contributed by atoms with Crippen molar-refractivity contribution in [3.05, 3.63) is 23.3 Å². The van der Waals surface area contributed by atoms with E-state index in [0.29, 0.717) is 11.3 Å². The minimum Gasteiger partial charge on any atom is -0.398 e. The summed E-state index contributed by atoms with van der Waals surface area (Å²) in [5.74, 6) is 0.228. The maximum atomic E-state index is 12.3. The lowest BCUT2D eigenvalue weighted by Crippen LogP contribution is -2.36. The van der Waals surface area contributed by atoms with Crippen LogP contribution in [0.25, 0.3) is 0 Å². The standard InChI is InChI=1S/C13H22N2O2S/c1-8(2)11(5)15-18(16,17)13-10(4)9(3)6-7-12(13)14/h6-8,11,15H,14H2,1-5H3. The molecule has 0 aromatic heterocycles. The fourth-order valence-electron chi connectivity index (χ4n) is 1.61. The number of nitrogen functional groups attached to an aromatic ring is 1. The van der Waals surface area contributed by atoms with Crippen LogP contribution in [0, 0.1) is 19.8 Å². The lowest BCUT2D eigenvalue weighted by atomic mass is 10.1. The van der Waals surface area contributed by atoms with Crippen molar-refractivity contribution in [1.82, 2.24) is 4.72 Å². The normalized spacial score (nSPS) is 13.9. The van der Waals surface area contributed by atoms with E-state index in [1.165, 1.54) is 0 Å². The highest BCUT2D eigenvalue weighted by molar-refractivity contribution is 7.89. The number of nitrogens with one attached hydrogen (secondary N) is 1. The van der Waals surface area contributed by atoms with E-state index in [0.717, 1.165) is 5.56 Å². The second kappa shape index (κ2) is 5.28. The van der Waals surface area contributed by atoms with Gasteiger partial charge in [0.15, 0.2) is 0 Å². The fraction of sp³-hybridized carbons (Fsp3) is 0.538. The van der Waals surface area contributed by atoms with Gasteiger partial charge in [-0.25, -0.2) is 13.1 Å². The average Bonchev–Trinajstić information content (AvgIpc) is 2.23. The minimum absolute atomic E-state index is 0.130. The monoisotopic (exact) mass is 270 g/mol. The predicted molar refractivity (Wildman–Crippen MR) is 74.9 cm³/mol. The summed E-state index contributed by atoms with van der Waals surface area (Å²) in [5.41, 5.74) is 7.73. The molecule has 0 heterocycles.